The lowest BCUT2D eigenvalue weighted by atomic mass is 9.99. The predicted octanol–water partition coefficient (Wildman–Crippen LogP) is 2.09. The molecule has 1 aliphatic rings. The summed E-state index contributed by atoms with van der Waals surface area (Å²) >= 11 is 0. The zero-order valence-electron chi connectivity index (χ0n) is 9.50. The summed E-state index contributed by atoms with van der Waals surface area (Å²) < 4.78 is 36.3. The van der Waals surface area contributed by atoms with Gasteiger partial charge in [-0.3, -0.25) is 4.79 Å². The molecule has 0 aromatic carbocycles. The van der Waals surface area contributed by atoms with Crippen molar-refractivity contribution in [3.63, 3.8) is 0 Å². The van der Waals surface area contributed by atoms with Crippen LogP contribution in [-0.4, -0.2) is 36.1 Å². The van der Waals surface area contributed by atoms with Crippen molar-refractivity contribution in [2.45, 2.75) is 44.3 Å². The van der Waals surface area contributed by atoms with Crippen LogP contribution in [0.1, 0.15) is 32.1 Å². The minimum atomic E-state index is -4.41. The molecule has 1 fully saturated rings. The van der Waals surface area contributed by atoms with E-state index < -0.39 is 18.5 Å². The summed E-state index contributed by atoms with van der Waals surface area (Å²) in [5.74, 6) is -0.814. The molecule has 0 aromatic rings. The molecule has 1 heterocycles. The fraction of sp³-hybridized carbons (Fsp3) is 0.900. The number of nitrogens with two attached hydrogens (primary N) is 1. The van der Waals surface area contributed by atoms with Gasteiger partial charge in [0.25, 0.3) is 0 Å². The highest BCUT2D eigenvalue weighted by Crippen LogP contribution is 2.25. The van der Waals surface area contributed by atoms with Crippen LogP contribution in [0, 0.1) is 0 Å². The maximum absolute atomic E-state index is 12.1. The van der Waals surface area contributed by atoms with E-state index >= 15 is 0 Å². The Morgan fingerprint density at radius 1 is 1.35 bits per heavy atom. The highest BCUT2D eigenvalue weighted by molar-refractivity contribution is 5.85. The maximum atomic E-state index is 12.1. The molecule has 1 saturated heterocycles. The maximum Gasteiger partial charge on any atom is 0.397 e. The number of carbonyl (C=O) groups excluding carboxylic acids is 1. The van der Waals surface area contributed by atoms with E-state index in [1.807, 2.05) is 0 Å². The number of likely N-dealkylation sites (tertiary alicyclic amines) is 1. The van der Waals surface area contributed by atoms with Crippen LogP contribution >= 0.6 is 12.4 Å². The molecule has 1 aliphatic heterocycles. The zero-order valence-corrected chi connectivity index (χ0v) is 10.3. The van der Waals surface area contributed by atoms with Gasteiger partial charge in [0, 0.05) is 12.6 Å². The summed E-state index contributed by atoms with van der Waals surface area (Å²) in [5, 5.41) is 0. The predicted molar refractivity (Wildman–Crippen MR) is 60.9 cm³/mol. The highest BCUT2D eigenvalue weighted by Gasteiger charge is 2.36. The molecule has 0 saturated carbocycles. The Morgan fingerprint density at radius 3 is 2.53 bits per heavy atom. The van der Waals surface area contributed by atoms with E-state index in [1.165, 1.54) is 4.90 Å². The first kappa shape index (κ1) is 16.5. The number of hydrogen-bond acceptors (Lipinski definition) is 2. The molecule has 1 atom stereocenters. The number of amides is 1. The molecule has 0 radical (unpaired) electrons. The van der Waals surface area contributed by atoms with Gasteiger partial charge in [0.1, 0.15) is 6.42 Å². The largest absolute Gasteiger partial charge is 0.397 e. The number of hydrogen-bond donors (Lipinski definition) is 1. The summed E-state index contributed by atoms with van der Waals surface area (Å²) in [4.78, 5) is 12.8. The quantitative estimate of drug-likeness (QED) is 0.857. The minimum Gasteiger partial charge on any atom is -0.339 e. The molecule has 102 valence electrons. The number of carbonyl (C=O) groups is 1. The molecule has 7 heteroatoms. The summed E-state index contributed by atoms with van der Waals surface area (Å²) in [6.45, 7) is 0.833. The number of alkyl halides is 3. The van der Waals surface area contributed by atoms with Gasteiger partial charge in [-0.25, -0.2) is 0 Å². The van der Waals surface area contributed by atoms with Gasteiger partial charge in [-0.1, -0.05) is 0 Å². The molecule has 1 unspecified atom stereocenters. The molecule has 0 bridgehead atoms. The summed E-state index contributed by atoms with van der Waals surface area (Å²) in [5.41, 5.74) is 5.39. The van der Waals surface area contributed by atoms with E-state index in [4.69, 9.17) is 5.73 Å². The minimum absolute atomic E-state index is 0. The van der Waals surface area contributed by atoms with Gasteiger partial charge >= 0.3 is 6.18 Å². The van der Waals surface area contributed by atoms with Gasteiger partial charge < -0.3 is 10.6 Å². The lowest BCUT2D eigenvalue weighted by Crippen LogP contribution is -2.45. The Morgan fingerprint density at radius 2 is 2.00 bits per heavy atom. The number of nitrogens with zero attached hydrogens (tertiary/aromatic N) is 1. The van der Waals surface area contributed by atoms with Crippen molar-refractivity contribution in [2.24, 2.45) is 5.73 Å². The monoisotopic (exact) mass is 274 g/mol. The molecule has 2 N–H and O–H groups in total. The van der Waals surface area contributed by atoms with E-state index in [9.17, 15) is 18.0 Å². The van der Waals surface area contributed by atoms with Gasteiger partial charge in [-0.2, -0.15) is 13.2 Å². The highest BCUT2D eigenvalue weighted by atomic mass is 35.5. The summed E-state index contributed by atoms with van der Waals surface area (Å²) in [6.07, 6.45) is -2.68. The Kier molecular flexibility index (Phi) is 6.85. The third-order valence-electron chi connectivity index (χ3n) is 2.80. The van der Waals surface area contributed by atoms with Crippen molar-refractivity contribution in [1.82, 2.24) is 4.90 Å². The second-order valence-corrected chi connectivity index (χ2v) is 4.11. The molecular formula is C10H18ClF3N2O. The molecule has 1 rings (SSSR count). The van der Waals surface area contributed by atoms with E-state index in [1.54, 1.807) is 0 Å². The van der Waals surface area contributed by atoms with Crippen molar-refractivity contribution in [2.75, 3.05) is 13.1 Å². The van der Waals surface area contributed by atoms with E-state index in [0.29, 0.717) is 19.5 Å². The molecule has 0 aromatic heterocycles. The summed E-state index contributed by atoms with van der Waals surface area (Å²) in [7, 11) is 0. The Bertz CT molecular complexity index is 246. The van der Waals surface area contributed by atoms with Crippen LogP contribution < -0.4 is 5.73 Å². The third kappa shape index (κ3) is 5.59. The van der Waals surface area contributed by atoms with Crippen LogP contribution in [0.4, 0.5) is 13.2 Å². The fourth-order valence-electron chi connectivity index (χ4n) is 2.09. The number of halogens is 4. The molecule has 1 amide bonds. The molecule has 17 heavy (non-hydrogen) atoms. The molecule has 3 nitrogen and oxygen atoms in total. The first-order valence-corrected chi connectivity index (χ1v) is 5.50. The van der Waals surface area contributed by atoms with Crippen LogP contribution in [0.25, 0.3) is 0 Å². The van der Waals surface area contributed by atoms with Crippen molar-refractivity contribution in [1.29, 1.82) is 0 Å². The lowest BCUT2D eigenvalue weighted by Gasteiger charge is -2.36. The normalized spacial score (nSPS) is 20.9. The zero-order chi connectivity index (χ0) is 12.2. The standard InChI is InChI=1S/C10H17F3N2O.ClH/c11-10(12,13)7-9(16)15-6-2-1-3-8(15)4-5-14;/h8H,1-7,14H2;1H. The second-order valence-electron chi connectivity index (χ2n) is 4.11. The Hall–Kier alpha value is -0.490. The fourth-order valence-corrected chi connectivity index (χ4v) is 2.09. The van der Waals surface area contributed by atoms with Crippen molar-refractivity contribution in [3.8, 4) is 0 Å². The molecular weight excluding hydrogens is 257 g/mol. The van der Waals surface area contributed by atoms with E-state index in [2.05, 4.69) is 0 Å². The first-order chi connectivity index (χ1) is 7.44. The third-order valence-corrected chi connectivity index (χ3v) is 2.80. The molecule has 0 aliphatic carbocycles. The van der Waals surface area contributed by atoms with Crippen molar-refractivity contribution < 1.29 is 18.0 Å². The first-order valence-electron chi connectivity index (χ1n) is 5.50. The van der Waals surface area contributed by atoms with Crippen molar-refractivity contribution >= 4 is 18.3 Å². The SMILES string of the molecule is Cl.NCCC1CCCCN1C(=O)CC(F)(F)F. The van der Waals surface area contributed by atoms with Crippen LogP contribution in [0.15, 0.2) is 0 Å². The average Bonchev–Trinajstić information content (AvgIpc) is 2.16. The topological polar surface area (TPSA) is 46.3 Å². The van der Waals surface area contributed by atoms with E-state index in [0.717, 1.165) is 19.3 Å². The van der Waals surface area contributed by atoms with Gasteiger partial charge in [-0.15, -0.1) is 12.4 Å². The smallest absolute Gasteiger partial charge is 0.339 e. The van der Waals surface area contributed by atoms with Crippen LogP contribution in [-0.2, 0) is 4.79 Å². The second kappa shape index (κ2) is 7.06. The van der Waals surface area contributed by atoms with Crippen LogP contribution in [0.3, 0.4) is 0 Å². The Balaban J connectivity index is 0.00000256. The van der Waals surface area contributed by atoms with Crippen LogP contribution in [0.5, 0.6) is 0 Å². The van der Waals surface area contributed by atoms with E-state index in [-0.39, 0.29) is 18.4 Å². The number of piperidine rings is 1. The van der Waals surface area contributed by atoms with Gasteiger partial charge in [-0.05, 0) is 32.2 Å². The summed E-state index contributed by atoms with van der Waals surface area (Å²) in [6, 6.07) is -0.103. The van der Waals surface area contributed by atoms with Crippen LogP contribution in [0.2, 0.25) is 0 Å². The van der Waals surface area contributed by atoms with Crippen molar-refractivity contribution in [3.05, 3.63) is 0 Å². The average molecular weight is 275 g/mol. The number of rotatable bonds is 3. The molecule has 0 spiro atoms. The van der Waals surface area contributed by atoms with Gasteiger partial charge in [0.2, 0.25) is 5.91 Å². The van der Waals surface area contributed by atoms with Gasteiger partial charge in [0.15, 0.2) is 0 Å². The lowest BCUT2D eigenvalue weighted by molar-refractivity contribution is -0.164. The Labute approximate surface area is 105 Å². The van der Waals surface area contributed by atoms with Gasteiger partial charge in [0.05, 0.1) is 0 Å².